The molecule has 0 saturated heterocycles. The summed E-state index contributed by atoms with van der Waals surface area (Å²) in [5.41, 5.74) is 1.29. The SMILES string of the molecule is O=C(c1ccccc1)c1ccc2c(c1)OCCO2. The Bertz CT molecular complexity index is 576. The first-order chi connectivity index (χ1) is 8.84. The lowest BCUT2D eigenvalue weighted by atomic mass is 10.0. The lowest BCUT2D eigenvalue weighted by Crippen LogP contribution is -2.15. The minimum Gasteiger partial charge on any atom is -0.486 e. The molecule has 3 nitrogen and oxygen atoms in total. The van der Waals surface area contributed by atoms with Crippen LogP contribution in [0.5, 0.6) is 11.5 Å². The van der Waals surface area contributed by atoms with Gasteiger partial charge in [-0.25, -0.2) is 0 Å². The van der Waals surface area contributed by atoms with E-state index in [-0.39, 0.29) is 5.78 Å². The molecule has 0 saturated carbocycles. The van der Waals surface area contributed by atoms with Crippen LogP contribution in [0.4, 0.5) is 0 Å². The van der Waals surface area contributed by atoms with Crippen molar-refractivity contribution in [1.29, 1.82) is 0 Å². The van der Waals surface area contributed by atoms with Crippen LogP contribution in [0.1, 0.15) is 15.9 Å². The van der Waals surface area contributed by atoms with Gasteiger partial charge in [0.1, 0.15) is 13.2 Å². The fraction of sp³-hybridized carbons (Fsp3) is 0.133. The van der Waals surface area contributed by atoms with E-state index in [4.69, 9.17) is 9.47 Å². The molecule has 2 aromatic carbocycles. The highest BCUT2D eigenvalue weighted by molar-refractivity contribution is 6.09. The maximum Gasteiger partial charge on any atom is 0.193 e. The van der Waals surface area contributed by atoms with E-state index in [1.54, 1.807) is 30.3 Å². The van der Waals surface area contributed by atoms with Gasteiger partial charge in [0.2, 0.25) is 0 Å². The molecule has 2 aromatic rings. The molecule has 1 aliphatic rings. The molecule has 0 unspecified atom stereocenters. The lowest BCUT2D eigenvalue weighted by molar-refractivity contribution is 0.103. The molecular weight excluding hydrogens is 228 g/mol. The van der Waals surface area contributed by atoms with E-state index < -0.39 is 0 Å². The number of fused-ring (bicyclic) bond motifs is 1. The van der Waals surface area contributed by atoms with Crippen LogP contribution in [0.15, 0.2) is 48.5 Å². The van der Waals surface area contributed by atoms with Crippen molar-refractivity contribution in [2.45, 2.75) is 0 Å². The number of hydrogen-bond donors (Lipinski definition) is 0. The molecule has 0 aromatic heterocycles. The van der Waals surface area contributed by atoms with Gasteiger partial charge in [0.25, 0.3) is 0 Å². The quantitative estimate of drug-likeness (QED) is 0.757. The number of hydrogen-bond acceptors (Lipinski definition) is 3. The van der Waals surface area contributed by atoms with Crippen molar-refractivity contribution in [3.05, 3.63) is 59.7 Å². The Morgan fingerprint density at radius 2 is 1.56 bits per heavy atom. The summed E-state index contributed by atoms with van der Waals surface area (Å²) in [6.45, 7) is 1.08. The molecule has 1 aliphatic heterocycles. The van der Waals surface area contributed by atoms with Gasteiger partial charge in [0.05, 0.1) is 0 Å². The number of ether oxygens (including phenoxy) is 2. The summed E-state index contributed by atoms with van der Waals surface area (Å²) in [5, 5.41) is 0. The third-order valence-corrected chi connectivity index (χ3v) is 2.84. The summed E-state index contributed by atoms with van der Waals surface area (Å²) >= 11 is 0. The normalized spacial score (nSPS) is 13.1. The van der Waals surface area contributed by atoms with E-state index in [1.165, 1.54) is 0 Å². The summed E-state index contributed by atoms with van der Waals surface area (Å²) in [5.74, 6) is 1.33. The first kappa shape index (κ1) is 10.8. The average molecular weight is 240 g/mol. The fourth-order valence-corrected chi connectivity index (χ4v) is 1.94. The largest absolute Gasteiger partial charge is 0.486 e. The third-order valence-electron chi connectivity index (χ3n) is 2.84. The topological polar surface area (TPSA) is 35.5 Å². The van der Waals surface area contributed by atoms with E-state index in [2.05, 4.69) is 0 Å². The summed E-state index contributed by atoms with van der Waals surface area (Å²) in [6, 6.07) is 14.5. The minimum atomic E-state index is -0.00688. The summed E-state index contributed by atoms with van der Waals surface area (Å²) in [7, 11) is 0. The van der Waals surface area contributed by atoms with E-state index in [1.807, 2.05) is 18.2 Å². The van der Waals surface area contributed by atoms with Crippen LogP contribution in [0, 0.1) is 0 Å². The van der Waals surface area contributed by atoms with Gasteiger partial charge in [0.15, 0.2) is 17.3 Å². The minimum absolute atomic E-state index is 0.00688. The molecule has 0 atom stereocenters. The van der Waals surface area contributed by atoms with Crippen LogP contribution in [0.2, 0.25) is 0 Å². The highest BCUT2D eigenvalue weighted by Gasteiger charge is 2.15. The van der Waals surface area contributed by atoms with Crippen molar-refractivity contribution in [2.75, 3.05) is 13.2 Å². The van der Waals surface area contributed by atoms with Crippen molar-refractivity contribution in [3.8, 4) is 11.5 Å². The van der Waals surface area contributed by atoms with Crippen LogP contribution in [0.3, 0.4) is 0 Å². The smallest absolute Gasteiger partial charge is 0.193 e. The molecule has 0 radical (unpaired) electrons. The molecule has 1 heterocycles. The van der Waals surface area contributed by atoms with Crippen LogP contribution in [-0.2, 0) is 0 Å². The predicted molar refractivity (Wildman–Crippen MR) is 67.3 cm³/mol. The summed E-state index contributed by atoms with van der Waals surface area (Å²) in [6.07, 6.45) is 0. The zero-order valence-corrected chi connectivity index (χ0v) is 9.76. The Balaban J connectivity index is 1.95. The van der Waals surface area contributed by atoms with Crippen molar-refractivity contribution in [2.24, 2.45) is 0 Å². The second-order valence-electron chi connectivity index (χ2n) is 4.05. The second kappa shape index (κ2) is 4.53. The van der Waals surface area contributed by atoms with Crippen molar-refractivity contribution in [1.82, 2.24) is 0 Å². The van der Waals surface area contributed by atoms with Gasteiger partial charge in [0, 0.05) is 11.1 Å². The predicted octanol–water partition coefficient (Wildman–Crippen LogP) is 2.69. The maximum atomic E-state index is 12.2. The molecule has 0 bridgehead atoms. The number of carbonyl (C=O) groups is 1. The summed E-state index contributed by atoms with van der Waals surface area (Å²) < 4.78 is 10.9. The number of benzene rings is 2. The standard InChI is InChI=1S/C15H12O3/c16-15(11-4-2-1-3-5-11)12-6-7-13-14(10-12)18-9-8-17-13/h1-7,10H,8-9H2. The van der Waals surface area contributed by atoms with Gasteiger partial charge in [-0.2, -0.15) is 0 Å². The monoisotopic (exact) mass is 240 g/mol. The van der Waals surface area contributed by atoms with Gasteiger partial charge >= 0.3 is 0 Å². The highest BCUT2D eigenvalue weighted by Crippen LogP contribution is 2.31. The Kier molecular flexibility index (Phi) is 2.73. The molecule has 0 fully saturated rings. The zero-order valence-electron chi connectivity index (χ0n) is 9.76. The van der Waals surface area contributed by atoms with Gasteiger partial charge in [-0.1, -0.05) is 30.3 Å². The maximum absolute atomic E-state index is 12.2. The fourth-order valence-electron chi connectivity index (χ4n) is 1.94. The Labute approximate surface area is 105 Å². The van der Waals surface area contributed by atoms with E-state index >= 15 is 0 Å². The van der Waals surface area contributed by atoms with Gasteiger partial charge < -0.3 is 9.47 Å². The van der Waals surface area contributed by atoms with Gasteiger partial charge in [-0.05, 0) is 18.2 Å². The first-order valence-electron chi connectivity index (χ1n) is 5.84. The Hall–Kier alpha value is -2.29. The van der Waals surface area contributed by atoms with Crippen LogP contribution in [0.25, 0.3) is 0 Å². The molecule has 90 valence electrons. The lowest BCUT2D eigenvalue weighted by Gasteiger charge is -2.18. The molecule has 0 spiro atoms. The Morgan fingerprint density at radius 3 is 2.33 bits per heavy atom. The van der Waals surface area contributed by atoms with E-state index in [0.717, 1.165) is 0 Å². The summed E-state index contributed by atoms with van der Waals surface area (Å²) in [4.78, 5) is 12.2. The van der Waals surface area contributed by atoms with Gasteiger partial charge in [-0.3, -0.25) is 4.79 Å². The Morgan fingerprint density at radius 1 is 0.833 bits per heavy atom. The van der Waals surface area contributed by atoms with Crippen molar-refractivity contribution < 1.29 is 14.3 Å². The van der Waals surface area contributed by atoms with Crippen LogP contribution < -0.4 is 9.47 Å². The molecule has 3 rings (SSSR count). The van der Waals surface area contributed by atoms with Crippen LogP contribution in [-0.4, -0.2) is 19.0 Å². The molecule has 0 aliphatic carbocycles. The number of carbonyl (C=O) groups excluding carboxylic acids is 1. The second-order valence-corrected chi connectivity index (χ2v) is 4.05. The average Bonchev–Trinajstić information content (AvgIpc) is 2.47. The van der Waals surface area contributed by atoms with E-state index in [0.29, 0.717) is 35.8 Å². The van der Waals surface area contributed by atoms with Crippen molar-refractivity contribution in [3.63, 3.8) is 0 Å². The molecule has 3 heteroatoms. The van der Waals surface area contributed by atoms with Crippen molar-refractivity contribution >= 4 is 5.78 Å². The molecule has 0 N–H and O–H groups in total. The highest BCUT2D eigenvalue weighted by atomic mass is 16.6. The van der Waals surface area contributed by atoms with Crippen LogP contribution >= 0.6 is 0 Å². The first-order valence-corrected chi connectivity index (χ1v) is 5.84. The van der Waals surface area contributed by atoms with E-state index in [9.17, 15) is 4.79 Å². The molecular formula is C15H12O3. The molecule has 18 heavy (non-hydrogen) atoms. The number of ketones is 1. The third kappa shape index (κ3) is 1.95. The zero-order chi connectivity index (χ0) is 12.4. The molecule has 0 amide bonds. The van der Waals surface area contributed by atoms with Gasteiger partial charge in [-0.15, -0.1) is 0 Å². The number of rotatable bonds is 2.